The average Bonchev–Trinajstić information content (AvgIpc) is 3.18. The second kappa shape index (κ2) is 8.04. The molecule has 0 saturated carbocycles. The Hall–Kier alpha value is -3.58. The highest BCUT2D eigenvalue weighted by Gasteiger charge is 2.23. The van der Waals surface area contributed by atoms with Gasteiger partial charge in [0, 0.05) is 33.5 Å². The molecule has 0 unspecified atom stereocenters. The van der Waals surface area contributed by atoms with Gasteiger partial charge in [-0.15, -0.1) is 0 Å². The lowest BCUT2D eigenvalue weighted by Gasteiger charge is -2.14. The van der Waals surface area contributed by atoms with Crippen LogP contribution in [-0.2, 0) is 4.74 Å². The summed E-state index contributed by atoms with van der Waals surface area (Å²) in [6.45, 7) is 1.89. The van der Waals surface area contributed by atoms with E-state index in [-0.39, 0.29) is 28.9 Å². The number of esters is 1. The number of halogens is 2. The number of carbonyl (C=O) groups excluding carboxylic acids is 2. The molecule has 2 heterocycles. The summed E-state index contributed by atoms with van der Waals surface area (Å²) in [6.07, 6.45) is 3.41. The minimum Gasteiger partial charge on any atom is -0.462 e. The fourth-order valence-electron chi connectivity index (χ4n) is 3.22. The number of ether oxygens (including phenoxy) is 1. The minimum atomic E-state index is -0.617. The van der Waals surface area contributed by atoms with Crippen molar-refractivity contribution in [2.45, 2.75) is 6.92 Å². The predicted molar refractivity (Wildman–Crippen MR) is 110 cm³/mol. The molecule has 0 fully saturated rings. The topological polar surface area (TPSA) is 73.6 Å². The van der Waals surface area contributed by atoms with E-state index in [1.165, 1.54) is 29.0 Å². The van der Waals surface area contributed by atoms with Gasteiger partial charge in [-0.25, -0.2) is 18.7 Å². The quantitative estimate of drug-likeness (QED) is 0.339. The Labute approximate surface area is 175 Å². The van der Waals surface area contributed by atoms with Crippen molar-refractivity contribution < 1.29 is 18.7 Å². The zero-order chi connectivity index (χ0) is 21.3. The first-order valence-corrected chi connectivity index (χ1v) is 9.46. The summed E-state index contributed by atoms with van der Waals surface area (Å²) in [5.41, 5.74) is 2.25. The smallest absolute Gasteiger partial charge is 0.343 e. The zero-order valence-corrected chi connectivity index (χ0v) is 16.6. The fraction of sp³-hybridized carbons (Fsp3) is 0.0909. The number of carbonyl (C=O) groups is 2. The highest BCUT2D eigenvalue weighted by Crippen LogP contribution is 2.37. The number of aromatic nitrogens is 3. The van der Waals surface area contributed by atoms with Crippen LogP contribution in [0.15, 0.2) is 54.9 Å². The fourth-order valence-corrected chi connectivity index (χ4v) is 3.45. The third-order valence-electron chi connectivity index (χ3n) is 4.57. The van der Waals surface area contributed by atoms with Crippen LogP contribution in [0.3, 0.4) is 0 Å². The van der Waals surface area contributed by atoms with Crippen molar-refractivity contribution >= 4 is 29.5 Å². The van der Waals surface area contributed by atoms with Crippen LogP contribution in [0, 0.1) is 5.82 Å². The van der Waals surface area contributed by atoms with Gasteiger partial charge in [0.2, 0.25) is 0 Å². The number of hydrogen-bond donors (Lipinski definition) is 0. The first kappa shape index (κ1) is 19.7. The maximum atomic E-state index is 15.0. The normalized spacial score (nSPS) is 10.9. The molecular weight excluding hydrogens is 409 g/mol. The standard InChI is InChI=1S/C22H15ClFN3O3/c1-2-30-22(29)17-11-26-27-20(15-8-7-13(12-28)9-19(15)24)16(10-25-21(17)27)14-5-3-4-6-18(14)23/h3-12H,2H2,1H3. The molecule has 4 aromatic rings. The summed E-state index contributed by atoms with van der Waals surface area (Å²) < 4.78 is 21.4. The summed E-state index contributed by atoms with van der Waals surface area (Å²) in [7, 11) is 0. The van der Waals surface area contributed by atoms with Crippen LogP contribution < -0.4 is 0 Å². The van der Waals surface area contributed by atoms with Gasteiger partial charge < -0.3 is 4.74 Å². The molecule has 0 aliphatic heterocycles. The SMILES string of the molecule is CCOC(=O)c1cnn2c(-c3ccc(C=O)cc3F)c(-c3ccccc3Cl)cnc12. The molecule has 8 heteroatoms. The van der Waals surface area contributed by atoms with E-state index in [4.69, 9.17) is 16.3 Å². The molecule has 0 aliphatic carbocycles. The molecule has 6 nitrogen and oxygen atoms in total. The van der Waals surface area contributed by atoms with Crippen LogP contribution >= 0.6 is 11.6 Å². The molecule has 2 aromatic heterocycles. The lowest BCUT2D eigenvalue weighted by atomic mass is 9.99. The molecular formula is C22H15ClFN3O3. The van der Waals surface area contributed by atoms with Gasteiger partial charge in [-0.2, -0.15) is 5.10 Å². The molecule has 0 amide bonds. The first-order valence-electron chi connectivity index (χ1n) is 9.09. The van der Waals surface area contributed by atoms with Gasteiger partial charge in [-0.05, 0) is 25.1 Å². The molecule has 0 aliphatic rings. The number of benzene rings is 2. The predicted octanol–water partition coefficient (Wildman–Crippen LogP) is 4.85. The molecule has 30 heavy (non-hydrogen) atoms. The van der Waals surface area contributed by atoms with Gasteiger partial charge in [-0.1, -0.05) is 35.9 Å². The Morgan fingerprint density at radius 1 is 1.17 bits per heavy atom. The van der Waals surface area contributed by atoms with Crippen molar-refractivity contribution in [3.8, 4) is 22.4 Å². The van der Waals surface area contributed by atoms with E-state index in [0.717, 1.165) is 6.07 Å². The van der Waals surface area contributed by atoms with Gasteiger partial charge in [0.15, 0.2) is 5.65 Å². The molecule has 0 atom stereocenters. The van der Waals surface area contributed by atoms with E-state index < -0.39 is 11.8 Å². The highest BCUT2D eigenvalue weighted by molar-refractivity contribution is 6.33. The largest absolute Gasteiger partial charge is 0.462 e. The van der Waals surface area contributed by atoms with Crippen LogP contribution in [0.2, 0.25) is 5.02 Å². The van der Waals surface area contributed by atoms with Crippen LogP contribution in [0.4, 0.5) is 4.39 Å². The summed E-state index contributed by atoms with van der Waals surface area (Å²) in [6, 6.07) is 11.2. The Bertz CT molecular complexity index is 1290. The second-order valence-corrected chi connectivity index (χ2v) is 6.78. The Balaban J connectivity index is 2.05. The Morgan fingerprint density at radius 2 is 1.97 bits per heavy atom. The van der Waals surface area contributed by atoms with Crippen LogP contribution in [0.5, 0.6) is 0 Å². The summed E-state index contributed by atoms with van der Waals surface area (Å²) in [4.78, 5) is 27.7. The Kier molecular flexibility index (Phi) is 5.29. The van der Waals surface area contributed by atoms with Gasteiger partial charge in [0.05, 0.1) is 18.5 Å². The maximum Gasteiger partial charge on any atom is 0.343 e. The summed E-state index contributed by atoms with van der Waals surface area (Å²) in [5, 5.41) is 4.72. The van der Waals surface area contributed by atoms with Crippen molar-refractivity contribution in [3.05, 3.63) is 76.8 Å². The van der Waals surface area contributed by atoms with E-state index in [1.54, 1.807) is 31.2 Å². The summed E-state index contributed by atoms with van der Waals surface area (Å²) >= 11 is 6.38. The number of fused-ring (bicyclic) bond motifs is 1. The van der Waals surface area contributed by atoms with Crippen molar-refractivity contribution in [3.63, 3.8) is 0 Å². The molecule has 4 rings (SSSR count). The minimum absolute atomic E-state index is 0.161. The van der Waals surface area contributed by atoms with Crippen LogP contribution in [-0.4, -0.2) is 33.5 Å². The average molecular weight is 424 g/mol. The van der Waals surface area contributed by atoms with Gasteiger partial charge in [-0.3, -0.25) is 4.79 Å². The van der Waals surface area contributed by atoms with E-state index in [0.29, 0.717) is 28.1 Å². The zero-order valence-electron chi connectivity index (χ0n) is 15.8. The van der Waals surface area contributed by atoms with E-state index in [2.05, 4.69) is 10.1 Å². The van der Waals surface area contributed by atoms with Gasteiger partial charge in [0.25, 0.3) is 0 Å². The van der Waals surface area contributed by atoms with Gasteiger partial charge in [0.1, 0.15) is 17.7 Å². The van der Waals surface area contributed by atoms with Crippen molar-refractivity contribution in [2.75, 3.05) is 6.61 Å². The summed E-state index contributed by atoms with van der Waals surface area (Å²) in [5.74, 6) is -1.19. The van der Waals surface area contributed by atoms with E-state index >= 15 is 0 Å². The lowest BCUT2D eigenvalue weighted by Crippen LogP contribution is -2.06. The Morgan fingerprint density at radius 3 is 2.67 bits per heavy atom. The number of nitrogens with zero attached hydrogens (tertiary/aromatic N) is 3. The lowest BCUT2D eigenvalue weighted by molar-refractivity contribution is 0.0528. The van der Waals surface area contributed by atoms with Crippen LogP contribution in [0.25, 0.3) is 28.0 Å². The third kappa shape index (κ3) is 3.33. The third-order valence-corrected chi connectivity index (χ3v) is 4.90. The molecule has 0 spiro atoms. The van der Waals surface area contributed by atoms with Gasteiger partial charge >= 0.3 is 5.97 Å². The van der Waals surface area contributed by atoms with Crippen LogP contribution in [0.1, 0.15) is 27.6 Å². The van der Waals surface area contributed by atoms with Crippen molar-refractivity contribution in [2.24, 2.45) is 0 Å². The molecule has 0 bridgehead atoms. The number of hydrogen-bond acceptors (Lipinski definition) is 5. The number of rotatable bonds is 5. The highest BCUT2D eigenvalue weighted by atomic mass is 35.5. The monoisotopic (exact) mass is 423 g/mol. The number of aldehydes is 1. The molecule has 0 saturated heterocycles. The van der Waals surface area contributed by atoms with E-state index in [9.17, 15) is 14.0 Å². The van der Waals surface area contributed by atoms with E-state index in [1.807, 2.05) is 0 Å². The van der Waals surface area contributed by atoms with Crippen molar-refractivity contribution in [1.82, 2.24) is 14.6 Å². The first-order chi connectivity index (χ1) is 14.5. The maximum absolute atomic E-state index is 15.0. The van der Waals surface area contributed by atoms with Crippen molar-refractivity contribution in [1.29, 1.82) is 0 Å². The second-order valence-electron chi connectivity index (χ2n) is 6.37. The molecule has 0 radical (unpaired) electrons. The molecule has 150 valence electrons. The molecule has 2 aromatic carbocycles. The molecule has 0 N–H and O–H groups in total.